The summed E-state index contributed by atoms with van der Waals surface area (Å²) in [6, 6.07) is 14.3. The van der Waals surface area contributed by atoms with E-state index in [2.05, 4.69) is 30.9 Å². The zero-order valence-corrected chi connectivity index (χ0v) is 17.9. The molecule has 0 aliphatic heterocycles. The van der Waals surface area contributed by atoms with Crippen molar-refractivity contribution in [2.45, 2.75) is 20.3 Å². The molecule has 10 nitrogen and oxygen atoms in total. The first kappa shape index (κ1) is 20.3. The highest BCUT2D eigenvalue weighted by Gasteiger charge is 2.17. The molecular formula is C23H19N7O3. The Morgan fingerprint density at radius 2 is 1.85 bits per heavy atom. The van der Waals surface area contributed by atoms with Crippen LogP contribution in [0.25, 0.3) is 28.1 Å². The fourth-order valence-corrected chi connectivity index (χ4v) is 3.58. The molecule has 10 heteroatoms. The minimum absolute atomic E-state index is 0.114. The molecule has 5 rings (SSSR count). The number of hydrogen-bond acceptors (Lipinski definition) is 7. The maximum Gasteiger partial charge on any atom is 0.270 e. The van der Waals surface area contributed by atoms with Crippen LogP contribution in [0.15, 0.2) is 59.2 Å². The number of furan rings is 1. The van der Waals surface area contributed by atoms with Crippen molar-refractivity contribution in [3.05, 3.63) is 77.6 Å². The van der Waals surface area contributed by atoms with E-state index in [1.165, 1.54) is 6.26 Å². The molecule has 0 radical (unpaired) electrons. The zero-order valence-electron chi connectivity index (χ0n) is 17.9. The van der Waals surface area contributed by atoms with Gasteiger partial charge in [0.15, 0.2) is 11.6 Å². The number of aryl methyl sites for hydroxylation is 2. The van der Waals surface area contributed by atoms with Crippen LogP contribution < -0.4 is 10.9 Å². The van der Waals surface area contributed by atoms with Crippen LogP contribution >= 0.6 is 0 Å². The van der Waals surface area contributed by atoms with E-state index in [1.54, 1.807) is 28.8 Å². The lowest BCUT2D eigenvalue weighted by molar-refractivity contribution is -0.121. The van der Waals surface area contributed by atoms with Crippen LogP contribution in [-0.4, -0.2) is 36.4 Å². The molecule has 0 aliphatic rings. The van der Waals surface area contributed by atoms with Gasteiger partial charge in [0, 0.05) is 16.8 Å². The van der Waals surface area contributed by atoms with Gasteiger partial charge in [0.25, 0.3) is 11.7 Å². The maximum atomic E-state index is 12.9. The number of carbonyl (C=O) groups excluding carboxylic acids is 2. The predicted molar refractivity (Wildman–Crippen MR) is 119 cm³/mol. The summed E-state index contributed by atoms with van der Waals surface area (Å²) in [6.45, 7) is 3.75. The average Bonchev–Trinajstić information content (AvgIpc) is 3.47. The molecule has 0 saturated heterocycles. The van der Waals surface area contributed by atoms with E-state index >= 15 is 0 Å². The van der Waals surface area contributed by atoms with Crippen molar-refractivity contribution < 1.29 is 14.0 Å². The monoisotopic (exact) mass is 441 g/mol. The molecule has 33 heavy (non-hydrogen) atoms. The highest BCUT2D eigenvalue weighted by atomic mass is 16.3. The van der Waals surface area contributed by atoms with Gasteiger partial charge >= 0.3 is 0 Å². The summed E-state index contributed by atoms with van der Waals surface area (Å²) in [5.74, 6) is 0.325. The Morgan fingerprint density at radius 1 is 1.00 bits per heavy atom. The number of amides is 2. The molecule has 0 atom stereocenters. The van der Waals surface area contributed by atoms with Crippen molar-refractivity contribution in [1.82, 2.24) is 35.4 Å². The van der Waals surface area contributed by atoms with E-state index < -0.39 is 11.8 Å². The van der Waals surface area contributed by atoms with E-state index in [-0.39, 0.29) is 6.42 Å². The SMILES string of the molecule is Cc1cc(C)n2nc(CC(=O)NNC(=O)c3cc(-c4ccco4)nc4ccccc34)nc2n1. The summed E-state index contributed by atoms with van der Waals surface area (Å²) < 4.78 is 7.00. The molecule has 164 valence electrons. The van der Waals surface area contributed by atoms with Gasteiger partial charge in [-0.3, -0.25) is 20.4 Å². The first-order valence-electron chi connectivity index (χ1n) is 10.2. The van der Waals surface area contributed by atoms with E-state index in [4.69, 9.17) is 4.42 Å². The number of rotatable bonds is 4. The van der Waals surface area contributed by atoms with E-state index in [1.807, 2.05) is 38.1 Å². The average molecular weight is 441 g/mol. The number of hydrogen-bond donors (Lipinski definition) is 2. The Bertz CT molecular complexity index is 1510. The molecule has 4 aromatic heterocycles. The van der Waals surface area contributed by atoms with Gasteiger partial charge in [-0.05, 0) is 44.2 Å². The Balaban J connectivity index is 1.34. The largest absolute Gasteiger partial charge is 0.463 e. The lowest BCUT2D eigenvalue weighted by Gasteiger charge is -2.10. The number of pyridine rings is 1. The second kappa shape index (κ2) is 8.15. The van der Waals surface area contributed by atoms with Gasteiger partial charge in [-0.1, -0.05) is 18.2 Å². The quantitative estimate of drug-likeness (QED) is 0.410. The normalized spacial score (nSPS) is 11.1. The van der Waals surface area contributed by atoms with Gasteiger partial charge in [0.1, 0.15) is 5.69 Å². The Morgan fingerprint density at radius 3 is 2.67 bits per heavy atom. The highest BCUT2D eigenvalue weighted by molar-refractivity contribution is 6.07. The third-order valence-electron chi connectivity index (χ3n) is 5.03. The number of para-hydroxylation sites is 1. The van der Waals surface area contributed by atoms with Gasteiger partial charge in [-0.15, -0.1) is 5.10 Å². The summed E-state index contributed by atoms with van der Waals surface area (Å²) in [6.07, 6.45) is 1.43. The van der Waals surface area contributed by atoms with Crippen LogP contribution in [-0.2, 0) is 11.2 Å². The Labute approximate surface area is 187 Å². The van der Waals surface area contributed by atoms with Crippen LogP contribution in [0.4, 0.5) is 0 Å². The summed E-state index contributed by atoms with van der Waals surface area (Å²) >= 11 is 0. The van der Waals surface area contributed by atoms with E-state index in [0.717, 1.165) is 11.4 Å². The zero-order chi connectivity index (χ0) is 22.9. The molecule has 5 aromatic rings. The molecule has 4 heterocycles. The fraction of sp³-hybridized carbons (Fsp3) is 0.130. The van der Waals surface area contributed by atoms with Crippen LogP contribution in [0.3, 0.4) is 0 Å². The van der Waals surface area contributed by atoms with Crippen molar-refractivity contribution in [2.24, 2.45) is 0 Å². The number of fused-ring (bicyclic) bond motifs is 2. The van der Waals surface area contributed by atoms with Crippen molar-refractivity contribution >= 4 is 28.5 Å². The third kappa shape index (κ3) is 4.01. The highest BCUT2D eigenvalue weighted by Crippen LogP contribution is 2.25. The molecule has 0 spiro atoms. The molecule has 0 fully saturated rings. The lowest BCUT2D eigenvalue weighted by Crippen LogP contribution is -2.42. The topological polar surface area (TPSA) is 127 Å². The van der Waals surface area contributed by atoms with Crippen LogP contribution in [0, 0.1) is 13.8 Å². The number of carbonyl (C=O) groups is 2. The molecule has 2 N–H and O–H groups in total. The van der Waals surface area contributed by atoms with Crippen molar-refractivity contribution in [3.63, 3.8) is 0 Å². The molecular weight excluding hydrogens is 422 g/mol. The van der Waals surface area contributed by atoms with E-state index in [0.29, 0.717) is 39.5 Å². The maximum absolute atomic E-state index is 12.9. The number of nitrogens with one attached hydrogen (secondary N) is 2. The third-order valence-corrected chi connectivity index (χ3v) is 5.03. The standard InChI is InChI=1S/C23H19N7O3/c1-13-10-14(2)30-23(24-13)26-20(29-30)12-21(31)27-28-22(32)16-11-18(19-8-5-9-33-19)25-17-7-4-3-6-15(16)17/h3-11H,12H2,1-2H3,(H,27,31)(H,28,32). The molecule has 0 bridgehead atoms. The Hall–Kier alpha value is -4.60. The second-order valence-corrected chi connectivity index (χ2v) is 7.51. The fourth-order valence-electron chi connectivity index (χ4n) is 3.58. The van der Waals surface area contributed by atoms with Gasteiger partial charge in [0.2, 0.25) is 5.91 Å². The van der Waals surface area contributed by atoms with E-state index in [9.17, 15) is 9.59 Å². The first-order valence-corrected chi connectivity index (χ1v) is 10.2. The van der Waals surface area contributed by atoms with Gasteiger partial charge in [0.05, 0.1) is 23.8 Å². The lowest BCUT2D eigenvalue weighted by atomic mass is 10.1. The second-order valence-electron chi connectivity index (χ2n) is 7.51. The van der Waals surface area contributed by atoms with Crippen LogP contribution in [0.5, 0.6) is 0 Å². The van der Waals surface area contributed by atoms with Gasteiger partial charge in [-0.25, -0.2) is 14.5 Å². The summed E-state index contributed by atoms with van der Waals surface area (Å²) in [4.78, 5) is 38.5. The Kier molecular flexibility index (Phi) is 5.02. The van der Waals surface area contributed by atoms with Crippen molar-refractivity contribution in [1.29, 1.82) is 0 Å². The first-order chi connectivity index (χ1) is 16.0. The minimum atomic E-state index is -0.481. The number of benzene rings is 1. The van der Waals surface area contributed by atoms with Gasteiger partial charge < -0.3 is 4.42 Å². The minimum Gasteiger partial charge on any atom is -0.463 e. The smallest absolute Gasteiger partial charge is 0.270 e. The number of aromatic nitrogens is 5. The van der Waals surface area contributed by atoms with Crippen LogP contribution in [0.2, 0.25) is 0 Å². The number of nitrogens with zero attached hydrogens (tertiary/aromatic N) is 5. The summed E-state index contributed by atoms with van der Waals surface area (Å²) in [5.41, 5.74) is 8.07. The van der Waals surface area contributed by atoms with Crippen molar-refractivity contribution in [3.8, 4) is 11.5 Å². The summed E-state index contributed by atoms with van der Waals surface area (Å²) in [7, 11) is 0. The van der Waals surface area contributed by atoms with Crippen molar-refractivity contribution in [2.75, 3.05) is 0 Å². The predicted octanol–water partition coefficient (Wildman–Crippen LogP) is 2.55. The molecule has 0 aliphatic carbocycles. The number of hydrazine groups is 1. The molecule has 0 unspecified atom stereocenters. The summed E-state index contributed by atoms with van der Waals surface area (Å²) in [5, 5.41) is 4.96. The molecule has 2 amide bonds. The van der Waals surface area contributed by atoms with Gasteiger partial charge in [-0.2, -0.15) is 4.98 Å². The molecule has 0 saturated carbocycles. The molecule has 1 aromatic carbocycles. The van der Waals surface area contributed by atoms with Crippen LogP contribution in [0.1, 0.15) is 27.6 Å².